The van der Waals surface area contributed by atoms with Gasteiger partial charge in [-0.2, -0.15) is 4.98 Å². The summed E-state index contributed by atoms with van der Waals surface area (Å²) in [5.41, 5.74) is 4.86. The Balaban J connectivity index is 1.53. The summed E-state index contributed by atoms with van der Waals surface area (Å²) < 4.78 is 13.9. The molecule has 182 valence electrons. The number of carbonyl (C=O) groups is 1. The van der Waals surface area contributed by atoms with Crippen molar-refractivity contribution in [2.75, 3.05) is 6.61 Å². The highest BCUT2D eigenvalue weighted by atomic mass is 16.5. The van der Waals surface area contributed by atoms with Crippen LogP contribution in [0.1, 0.15) is 29.8 Å². The Morgan fingerprint density at radius 3 is 2.42 bits per heavy atom. The van der Waals surface area contributed by atoms with Crippen molar-refractivity contribution in [2.24, 2.45) is 0 Å². The van der Waals surface area contributed by atoms with E-state index in [9.17, 15) is 14.7 Å². The highest BCUT2D eigenvalue weighted by Gasteiger charge is 2.19. The highest BCUT2D eigenvalue weighted by Crippen LogP contribution is 2.32. The monoisotopic (exact) mass is 484 g/mol. The van der Waals surface area contributed by atoms with Gasteiger partial charge < -0.3 is 9.84 Å². The van der Waals surface area contributed by atoms with Crippen molar-refractivity contribution in [3.63, 3.8) is 0 Å². The molecular formula is C27H24N4O5. The maximum Gasteiger partial charge on any atom is 0.441 e. The van der Waals surface area contributed by atoms with Crippen molar-refractivity contribution >= 4 is 17.0 Å². The Kier molecular flexibility index (Phi) is 6.12. The van der Waals surface area contributed by atoms with Crippen molar-refractivity contribution in [1.29, 1.82) is 0 Å². The summed E-state index contributed by atoms with van der Waals surface area (Å²) in [7, 11) is 0. The van der Waals surface area contributed by atoms with Crippen LogP contribution in [0.3, 0.4) is 0 Å². The van der Waals surface area contributed by atoms with E-state index in [2.05, 4.69) is 10.1 Å². The van der Waals surface area contributed by atoms with Crippen LogP contribution >= 0.6 is 0 Å². The molecule has 0 atom stereocenters. The molecule has 0 fully saturated rings. The molecular weight excluding hydrogens is 460 g/mol. The van der Waals surface area contributed by atoms with Crippen LogP contribution in [-0.2, 0) is 13.1 Å². The molecule has 5 rings (SSSR count). The molecule has 0 aliphatic rings. The van der Waals surface area contributed by atoms with Crippen LogP contribution in [-0.4, -0.2) is 37.0 Å². The molecule has 0 radical (unpaired) electrons. The smallest absolute Gasteiger partial charge is 0.441 e. The number of benzene rings is 3. The fourth-order valence-corrected chi connectivity index (χ4v) is 4.37. The summed E-state index contributed by atoms with van der Waals surface area (Å²) in [4.78, 5) is 28.4. The first kappa shape index (κ1) is 23.1. The third-order valence-electron chi connectivity index (χ3n) is 6.01. The van der Waals surface area contributed by atoms with Crippen LogP contribution in [0.4, 0.5) is 0 Å². The second kappa shape index (κ2) is 9.53. The van der Waals surface area contributed by atoms with E-state index < -0.39 is 11.7 Å². The van der Waals surface area contributed by atoms with E-state index >= 15 is 0 Å². The average Bonchev–Trinajstić information content (AvgIpc) is 3.44. The van der Waals surface area contributed by atoms with Gasteiger partial charge >= 0.3 is 11.7 Å². The molecule has 0 aliphatic carbocycles. The van der Waals surface area contributed by atoms with Crippen LogP contribution in [0, 0.1) is 0 Å². The lowest BCUT2D eigenvalue weighted by Crippen LogP contribution is -2.13. The Morgan fingerprint density at radius 1 is 0.972 bits per heavy atom. The molecule has 5 aromatic rings. The van der Waals surface area contributed by atoms with Gasteiger partial charge in [0, 0.05) is 12.1 Å². The number of aromatic nitrogens is 4. The number of hydrogen-bond acceptors (Lipinski definition) is 6. The summed E-state index contributed by atoms with van der Waals surface area (Å²) in [6.45, 7) is 4.97. The molecule has 0 amide bonds. The van der Waals surface area contributed by atoms with Crippen LogP contribution in [0.25, 0.3) is 33.5 Å². The predicted octanol–water partition coefficient (Wildman–Crippen LogP) is 4.69. The van der Waals surface area contributed by atoms with Gasteiger partial charge in [-0.25, -0.2) is 9.59 Å². The predicted molar refractivity (Wildman–Crippen MR) is 134 cm³/mol. The summed E-state index contributed by atoms with van der Waals surface area (Å²) in [6, 6.07) is 21.0. The van der Waals surface area contributed by atoms with Crippen molar-refractivity contribution in [3.05, 3.63) is 88.4 Å². The maximum atomic E-state index is 12.0. The van der Waals surface area contributed by atoms with E-state index in [1.807, 2.05) is 62.4 Å². The second-order valence-corrected chi connectivity index (χ2v) is 8.15. The molecule has 2 aromatic heterocycles. The lowest BCUT2D eigenvalue weighted by atomic mass is 9.98. The van der Waals surface area contributed by atoms with Gasteiger partial charge in [0.05, 0.1) is 29.7 Å². The number of carboxylic acids is 1. The molecule has 0 unspecified atom stereocenters. The highest BCUT2D eigenvalue weighted by molar-refractivity contribution is 6.01. The van der Waals surface area contributed by atoms with E-state index in [0.717, 1.165) is 22.3 Å². The molecule has 0 bridgehead atoms. The van der Waals surface area contributed by atoms with E-state index in [-0.39, 0.29) is 5.56 Å². The molecule has 0 aliphatic heterocycles. The lowest BCUT2D eigenvalue weighted by molar-refractivity contribution is 0.0698. The number of fused-ring (bicyclic) bond motifs is 1. The van der Waals surface area contributed by atoms with Gasteiger partial charge in [-0.05, 0) is 42.7 Å². The van der Waals surface area contributed by atoms with Crippen molar-refractivity contribution < 1.29 is 19.2 Å². The molecule has 36 heavy (non-hydrogen) atoms. The Labute approximate surface area is 206 Å². The first-order valence-corrected chi connectivity index (χ1v) is 11.6. The van der Waals surface area contributed by atoms with Gasteiger partial charge in [-0.1, -0.05) is 59.8 Å². The van der Waals surface area contributed by atoms with Crippen LogP contribution in [0.5, 0.6) is 6.01 Å². The van der Waals surface area contributed by atoms with Crippen molar-refractivity contribution in [2.45, 2.75) is 26.9 Å². The largest absolute Gasteiger partial charge is 0.478 e. The van der Waals surface area contributed by atoms with E-state index in [4.69, 9.17) is 9.26 Å². The lowest BCUT2D eigenvalue weighted by Gasteiger charge is -2.12. The molecule has 2 heterocycles. The summed E-state index contributed by atoms with van der Waals surface area (Å²) in [5, 5.41) is 13.7. The van der Waals surface area contributed by atoms with Crippen LogP contribution < -0.4 is 10.5 Å². The average molecular weight is 485 g/mol. The molecule has 0 saturated carbocycles. The zero-order chi connectivity index (χ0) is 25.2. The fourth-order valence-electron chi connectivity index (χ4n) is 4.37. The number of carboxylic acid groups (broad SMARTS) is 1. The number of aromatic carboxylic acids is 1. The summed E-state index contributed by atoms with van der Waals surface area (Å²) in [6.07, 6.45) is 0. The molecule has 3 aromatic carbocycles. The minimum Gasteiger partial charge on any atom is -0.478 e. The number of nitrogens with zero attached hydrogens (tertiary/aromatic N) is 4. The maximum absolute atomic E-state index is 12.0. The fraction of sp³-hybridized carbons (Fsp3) is 0.185. The van der Waals surface area contributed by atoms with Crippen LogP contribution in [0.2, 0.25) is 0 Å². The topological polar surface area (TPSA) is 112 Å². The van der Waals surface area contributed by atoms with Gasteiger partial charge in [0.1, 0.15) is 0 Å². The Bertz CT molecular complexity index is 1610. The first-order chi connectivity index (χ1) is 17.5. The number of rotatable bonds is 8. The standard InChI is InChI=1S/C27H24N4O5/c1-3-30-24(29-36-27(30)34)20-9-6-5-8-19(20)18-14-12-17(13-15-18)16-31-23-21(25(32)33)10-7-11-22(23)28-26(31)35-4-2/h5-15H,3-4,16H2,1-2H3,(H,32,33). The van der Waals surface area contributed by atoms with E-state index in [1.165, 1.54) is 4.57 Å². The normalized spacial score (nSPS) is 11.2. The Hall–Kier alpha value is -4.66. The van der Waals surface area contributed by atoms with Crippen LogP contribution in [0.15, 0.2) is 76.0 Å². The number of imidazole rings is 1. The number of hydrogen-bond donors (Lipinski definition) is 1. The molecule has 9 heteroatoms. The molecule has 9 nitrogen and oxygen atoms in total. The third-order valence-corrected chi connectivity index (χ3v) is 6.01. The minimum absolute atomic E-state index is 0.172. The Morgan fingerprint density at radius 2 is 1.72 bits per heavy atom. The van der Waals surface area contributed by atoms with E-state index in [1.54, 1.807) is 22.8 Å². The molecule has 0 spiro atoms. The number of para-hydroxylation sites is 1. The SMILES string of the molecule is CCOc1nc2cccc(C(=O)O)c2n1Cc1ccc(-c2ccccc2-c2noc(=O)n2CC)cc1. The summed E-state index contributed by atoms with van der Waals surface area (Å²) >= 11 is 0. The van der Waals surface area contributed by atoms with Gasteiger partial charge in [-0.15, -0.1) is 0 Å². The third kappa shape index (κ3) is 4.04. The van der Waals surface area contributed by atoms with Gasteiger partial charge in [-0.3, -0.25) is 13.7 Å². The van der Waals surface area contributed by atoms with Gasteiger partial charge in [0.15, 0.2) is 5.82 Å². The molecule has 0 saturated heterocycles. The zero-order valence-corrected chi connectivity index (χ0v) is 19.8. The van der Waals surface area contributed by atoms with E-state index in [0.29, 0.717) is 42.6 Å². The molecule has 1 N–H and O–H groups in total. The zero-order valence-electron chi connectivity index (χ0n) is 19.8. The first-order valence-electron chi connectivity index (χ1n) is 11.6. The van der Waals surface area contributed by atoms with Gasteiger partial charge in [0.25, 0.3) is 6.01 Å². The number of ether oxygens (including phenoxy) is 1. The van der Waals surface area contributed by atoms with Gasteiger partial charge in [0.2, 0.25) is 0 Å². The van der Waals surface area contributed by atoms with Crippen molar-refractivity contribution in [3.8, 4) is 28.5 Å². The quantitative estimate of drug-likeness (QED) is 0.340. The van der Waals surface area contributed by atoms with Crippen molar-refractivity contribution in [1.82, 2.24) is 19.3 Å². The second-order valence-electron chi connectivity index (χ2n) is 8.15. The minimum atomic E-state index is -1.02. The summed E-state index contributed by atoms with van der Waals surface area (Å²) in [5.74, 6) is -1.03.